The van der Waals surface area contributed by atoms with Crippen LogP contribution in [-0.2, 0) is 15.9 Å². The third-order valence-corrected chi connectivity index (χ3v) is 3.83. The zero-order valence-electron chi connectivity index (χ0n) is 13.3. The summed E-state index contributed by atoms with van der Waals surface area (Å²) in [6.45, 7) is 1.61. The van der Waals surface area contributed by atoms with Crippen molar-refractivity contribution in [3.05, 3.63) is 17.2 Å². The molecule has 0 fully saturated rings. The molecule has 0 N–H and O–H groups in total. The van der Waals surface area contributed by atoms with E-state index < -0.39 is 0 Å². The van der Waals surface area contributed by atoms with Crippen LogP contribution in [0.5, 0.6) is 17.2 Å². The molecule has 2 rings (SSSR count). The maximum absolute atomic E-state index is 5.95. The van der Waals surface area contributed by atoms with Crippen molar-refractivity contribution in [1.29, 1.82) is 0 Å². The van der Waals surface area contributed by atoms with Gasteiger partial charge in [-0.3, -0.25) is 0 Å². The van der Waals surface area contributed by atoms with Crippen LogP contribution < -0.4 is 14.2 Å². The summed E-state index contributed by atoms with van der Waals surface area (Å²) in [5.41, 5.74) is 2.12. The number of aryl methyl sites for hydroxylation is 1. The standard InChI is InChI=1S/C16H23ClO5/c1-18-12-9-11-5-4-7-22-13(10-21-8-6-17)14(11)16(20-3)15(12)19-2/h9,13H,4-8,10H2,1-3H3. The molecule has 0 saturated heterocycles. The molecule has 0 radical (unpaired) electrons. The van der Waals surface area contributed by atoms with Crippen molar-refractivity contribution < 1.29 is 23.7 Å². The Hall–Kier alpha value is -1.17. The lowest BCUT2D eigenvalue weighted by Crippen LogP contribution is -2.15. The zero-order chi connectivity index (χ0) is 15.9. The Morgan fingerprint density at radius 3 is 2.59 bits per heavy atom. The normalized spacial score (nSPS) is 17.5. The first-order valence-electron chi connectivity index (χ1n) is 7.33. The zero-order valence-corrected chi connectivity index (χ0v) is 14.1. The molecular weight excluding hydrogens is 308 g/mol. The Kier molecular flexibility index (Phi) is 6.61. The molecule has 0 bridgehead atoms. The highest BCUT2D eigenvalue weighted by molar-refractivity contribution is 6.17. The van der Waals surface area contributed by atoms with Crippen molar-refractivity contribution in [1.82, 2.24) is 0 Å². The van der Waals surface area contributed by atoms with Gasteiger partial charge in [-0.25, -0.2) is 0 Å². The van der Waals surface area contributed by atoms with Crippen LogP contribution in [0.3, 0.4) is 0 Å². The van der Waals surface area contributed by atoms with Gasteiger partial charge in [0.2, 0.25) is 5.75 Å². The molecule has 1 unspecified atom stereocenters. The average molecular weight is 331 g/mol. The quantitative estimate of drug-likeness (QED) is 0.568. The van der Waals surface area contributed by atoms with Gasteiger partial charge in [-0.15, -0.1) is 11.6 Å². The van der Waals surface area contributed by atoms with E-state index in [0.29, 0.717) is 42.9 Å². The second-order valence-electron chi connectivity index (χ2n) is 4.95. The molecule has 0 aliphatic carbocycles. The first-order valence-corrected chi connectivity index (χ1v) is 7.87. The van der Waals surface area contributed by atoms with E-state index in [4.69, 9.17) is 35.3 Å². The van der Waals surface area contributed by atoms with Gasteiger partial charge in [0, 0.05) is 18.1 Å². The fraction of sp³-hybridized carbons (Fsp3) is 0.625. The fourth-order valence-electron chi connectivity index (χ4n) is 2.74. The maximum atomic E-state index is 5.95. The monoisotopic (exact) mass is 330 g/mol. The summed E-state index contributed by atoms with van der Waals surface area (Å²) < 4.78 is 28.0. The first-order chi connectivity index (χ1) is 10.8. The average Bonchev–Trinajstić information content (AvgIpc) is 2.75. The highest BCUT2D eigenvalue weighted by Crippen LogP contribution is 2.46. The van der Waals surface area contributed by atoms with Crippen LogP contribution in [0.1, 0.15) is 23.7 Å². The number of methoxy groups -OCH3 is 3. The van der Waals surface area contributed by atoms with E-state index in [-0.39, 0.29) is 6.10 Å². The molecule has 0 saturated carbocycles. The van der Waals surface area contributed by atoms with Gasteiger partial charge in [-0.05, 0) is 24.5 Å². The highest BCUT2D eigenvalue weighted by Gasteiger charge is 2.28. The molecule has 5 nitrogen and oxygen atoms in total. The third-order valence-electron chi connectivity index (χ3n) is 3.68. The summed E-state index contributed by atoms with van der Waals surface area (Å²) in [5, 5.41) is 0. The second kappa shape index (κ2) is 8.46. The summed E-state index contributed by atoms with van der Waals surface area (Å²) in [5.74, 6) is 2.36. The molecule has 1 atom stereocenters. The number of halogens is 1. The SMILES string of the molecule is COc1cc2c(c(OC)c1OC)C(COCCCl)OCCC2. The minimum Gasteiger partial charge on any atom is -0.493 e. The molecule has 1 heterocycles. The van der Waals surface area contributed by atoms with Crippen molar-refractivity contribution >= 4 is 11.6 Å². The van der Waals surface area contributed by atoms with Crippen molar-refractivity contribution in [3.63, 3.8) is 0 Å². The van der Waals surface area contributed by atoms with Crippen LogP contribution in [0.25, 0.3) is 0 Å². The van der Waals surface area contributed by atoms with E-state index in [1.54, 1.807) is 21.3 Å². The topological polar surface area (TPSA) is 46.2 Å². The number of hydrogen-bond donors (Lipinski definition) is 0. The smallest absolute Gasteiger partial charge is 0.203 e. The minimum absolute atomic E-state index is 0.199. The van der Waals surface area contributed by atoms with Crippen LogP contribution in [0.4, 0.5) is 0 Å². The second-order valence-corrected chi connectivity index (χ2v) is 5.32. The Balaban J connectivity index is 2.45. The largest absolute Gasteiger partial charge is 0.493 e. The van der Waals surface area contributed by atoms with Crippen molar-refractivity contribution in [2.24, 2.45) is 0 Å². The highest BCUT2D eigenvalue weighted by atomic mass is 35.5. The van der Waals surface area contributed by atoms with E-state index in [1.807, 2.05) is 6.07 Å². The Morgan fingerprint density at radius 2 is 1.95 bits per heavy atom. The van der Waals surface area contributed by atoms with Gasteiger partial charge in [0.25, 0.3) is 0 Å². The predicted octanol–water partition coefficient (Wildman–Crippen LogP) is 2.97. The maximum Gasteiger partial charge on any atom is 0.203 e. The molecule has 1 aliphatic heterocycles. The Bertz CT molecular complexity index is 492. The van der Waals surface area contributed by atoms with Crippen molar-refractivity contribution in [2.75, 3.05) is 47.0 Å². The van der Waals surface area contributed by atoms with Gasteiger partial charge in [-0.1, -0.05) is 0 Å². The minimum atomic E-state index is -0.199. The van der Waals surface area contributed by atoms with Gasteiger partial charge in [-0.2, -0.15) is 0 Å². The molecule has 0 aromatic heterocycles. The first kappa shape index (κ1) is 17.2. The molecule has 0 amide bonds. The van der Waals surface area contributed by atoms with Crippen LogP contribution >= 0.6 is 11.6 Å². The summed E-state index contributed by atoms with van der Waals surface area (Å²) in [6.07, 6.45) is 1.64. The molecule has 1 aromatic carbocycles. The number of ether oxygens (including phenoxy) is 5. The predicted molar refractivity (Wildman–Crippen MR) is 84.7 cm³/mol. The van der Waals surface area contributed by atoms with E-state index >= 15 is 0 Å². The number of rotatable bonds is 7. The molecule has 1 aliphatic rings. The Morgan fingerprint density at radius 1 is 1.18 bits per heavy atom. The Labute approximate surface area is 136 Å². The van der Waals surface area contributed by atoms with Crippen LogP contribution in [0, 0.1) is 0 Å². The number of fused-ring (bicyclic) bond motifs is 1. The lowest BCUT2D eigenvalue weighted by molar-refractivity contribution is -0.0130. The van der Waals surface area contributed by atoms with Crippen LogP contribution in [-0.4, -0.2) is 47.0 Å². The number of benzene rings is 1. The van der Waals surface area contributed by atoms with Crippen molar-refractivity contribution in [2.45, 2.75) is 18.9 Å². The number of alkyl halides is 1. The van der Waals surface area contributed by atoms with Gasteiger partial charge in [0.15, 0.2) is 11.5 Å². The molecule has 0 spiro atoms. The summed E-state index contributed by atoms with van der Waals surface area (Å²) in [4.78, 5) is 0. The van der Waals surface area contributed by atoms with Gasteiger partial charge in [0.05, 0.1) is 34.5 Å². The lowest BCUT2D eigenvalue weighted by atomic mass is 9.97. The summed E-state index contributed by atoms with van der Waals surface area (Å²) in [7, 11) is 4.85. The van der Waals surface area contributed by atoms with Crippen LogP contribution in [0.2, 0.25) is 0 Å². The number of hydrogen-bond acceptors (Lipinski definition) is 5. The lowest BCUT2D eigenvalue weighted by Gasteiger charge is -2.23. The fourth-order valence-corrected chi connectivity index (χ4v) is 2.85. The van der Waals surface area contributed by atoms with Crippen molar-refractivity contribution in [3.8, 4) is 17.2 Å². The molecule has 6 heteroatoms. The summed E-state index contributed by atoms with van der Waals surface area (Å²) in [6, 6.07) is 2.00. The summed E-state index contributed by atoms with van der Waals surface area (Å²) >= 11 is 5.67. The molecule has 1 aromatic rings. The van der Waals surface area contributed by atoms with Gasteiger partial charge in [0.1, 0.15) is 6.10 Å². The van der Waals surface area contributed by atoms with Crippen LogP contribution in [0.15, 0.2) is 6.07 Å². The molecular formula is C16H23ClO5. The molecule has 124 valence electrons. The van der Waals surface area contributed by atoms with Gasteiger partial charge < -0.3 is 23.7 Å². The van der Waals surface area contributed by atoms with E-state index in [0.717, 1.165) is 24.0 Å². The third kappa shape index (κ3) is 3.59. The van der Waals surface area contributed by atoms with E-state index in [1.165, 1.54) is 0 Å². The van der Waals surface area contributed by atoms with E-state index in [2.05, 4.69) is 0 Å². The molecule has 22 heavy (non-hydrogen) atoms. The van der Waals surface area contributed by atoms with E-state index in [9.17, 15) is 0 Å². The van der Waals surface area contributed by atoms with Gasteiger partial charge >= 0.3 is 0 Å².